The van der Waals surface area contributed by atoms with Crippen molar-refractivity contribution in [2.24, 2.45) is 0 Å². The zero-order valence-electron chi connectivity index (χ0n) is 22.2. The number of carbonyl (C=O) groups is 2. The topological polar surface area (TPSA) is 71.6 Å². The number of ether oxygens (including phenoxy) is 3. The average Bonchev–Trinajstić information content (AvgIpc) is 3.03. The second kappa shape index (κ2) is 9.65. The molecule has 2 saturated heterocycles. The molecule has 0 bridgehead atoms. The lowest BCUT2D eigenvalue weighted by Gasteiger charge is -2.44. The Morgan fingerprint density at radius 2 is 1.76 bits per heavy atom. The summed E-state index contributed by atoms with van der Waals surface area (Å²) in [5.41, 5.74) is 3.33. The molecule has 2 fully saturated rings. The van der Waals surface area contributed by atoms with Crippen LogP contribution in [0.15, 0.2) is 48.2 Å². The lowest BCUT2D eigenvalue weighted by Crippen LogP contribution is -2.54. The standard InChI is InChI=1S/C29H35N3O5/c1-6-32-28(34)31-18-21-16-23(36-4)17-24(37-5)26(21)19(2)14-25(31)29(32)10-12-30(13-11-29)27(33)20-8-7-9-22(15-20)35-3/h7-9,14-17,19H,6,10-13,18H2,1-5H3. The second-order valence-corrected chi connectivity index (χ2v) is 9.91. The van der Waals surface area contributed by atoms with Gasteiger partial charge in [-0.25, -0.2) is 4.79 Å². The Balaban J connectivity index is 1.47. The van der Waals surface area contributed by atoms with Crippen LogP contribution in [0, 0.1) is 0 Å². The zero-order valence-corrected chi connectivity index (χ0v) is 22.2. The van der Waals surface area contributed by atoms with Crippen LogP contribution in [0.25, 0.3) is 0 Å². The summed E-state index contributed by atoms with van der Waals surface area (Å²) in [5, 5.41) is 0. The number of piperidine rings is 1. The summed E-state index contributed by atoms with van der Waals surface area (Å²) in [6.07, 6.45) is 3.61. The predicted octanol–water partition coefficient (Wildman–Crippen LogP) is 4.65. The first kappa shape index (κ1) is 25.0. The van der Waals surface area contributed by atoms with Crippen molar-refractivity contribution in [3.63, 3.8) is 0 Å². The maximum Gasteiger partial charge on any atom is 0.325 e. The van der Waals surface area contributed by atoms with E-state index in [1.807, 2.05) is 52.0 Å². The summed E-state index contributed by atoms with van der Waals surface area (Å²) in [7, 11) is 4.91. The van der Waals surface area contributed by atoms with E-state index in [-0.39, 0.29) is 17.9 Å². The van der Waals surface area contributed by atoms with Crippen molar-refractivity contribution in [3.05, 3.63) is 64.9 Å². The molecule has 0 aromatic heterocycles. The number of hydrogen-bond acceptors (Lipinski definition) is 5. The lowest BCUT2D eigenvalue weighted by atomic mass is 9.82. The largest absolute Gasteiger partial charge is 0.497 e. The van der Waals surface area contributed by atoms with Crippen molar-refractivity contribution < 1.29 is 23.8 Å². The summed E-state index contributed by atoms with van der Waals surface area (Å²) >= 11 is 0. The molecule has 8 nitrogen and oxygen atoms in total. The molecule has 2 aromatic carbocycles. The fourth-order valence-corrected chi connectivity index (χ4v) is 6.28. The van der Waals surface area contributed by atoms with Gasteiger partial charge in [0, 0.05) is 48.4 Å². The highest BCUT2D eigenvalue weighted by Crippen LogP contribution is 2.49. The zero-order chi connectivity index (χ0) is 26.3. The maximum atomic E-state index is 13.8. The van der Waals surface area contributed by atoms with Crippen LogP contribution < -0.4 is 14.2 Å². The molecule has 1 spiro atoms. The molecule has 8 heteroatoms. The molecule has 3 aliphatic rings. The molecule has 3 aliphatic heterocycles. The van der Waals surface area contributed by atoms with Gasteiger partial charge < -0.3 is 24.0 Å². The molecule has 37 heavy (non-hydrogen) atoms. The van der Waals surface area contributed by atoms with E-state index >= 15 is 0 Å². The third kappa shape index (κ3) is 3.99. The average molecular weight is 506 g/mol. The summed E-state index contributed by atoms with van der Waals surface area (Å²) in [6, 6.07) is 11.2. The van der Waals surface area contributed by atoms with E-state index in [1.165, 1.54) is 0 Å². The number of hydrogen-bond donors (Lipinski definition) is 0. The maximum absolute atomic E-state index is 13.8. The minimum absolute atomic E-state index is 0.00886. The van der Waals surface area contributed by atoms with Crippen molar-refractivity contribution in [2.75, 3.05) is 41.0 Å². The number of carbonyl (C=O) groups excluding carboxylic acids is 2. The Hall–Kier alpha value is -3.68. The third-order valence-corrected chi connectivity index (χ3v) is 8.11. The molecule has 1 unspecified atom stereocenters. The van der Waals surface area contributed by atoms with Crippen molar-refractivity contribution in [2.45, 2.75) is 44.7 Å². The van der Waals surface area contributed by atoms with Gasteiger partial charge in [0.15, 0.2) is 0 Å². The number of benzene rings is 2. The van der Waals surface area contributed by atoms with Crippen LogP contribution in [-0.4, -0.2) is 73.1 Å². The Bertz CT molecular complexity index is 1250. The van der Waals surface area contributed by atoms with E-state index in [9.17, 15) is 9.59 Å². The Morgan fingerprint density at radius 3 is 2.41 bits per heavy atom. The van der Waals surface area contributed by atoms with Crippen LogP contribution in [0.1, 0.15) is 54.1 Å². The SMILES string of the molecule is CCN1C(=O)N2Cc3cc(OC)cc(OC)c3C(C)C=C2C12CCN(C(=O)c1cccc(OC)c1)CC2. The van der Waals surface area contributed by atoms with Crippen LogP contribution in [0.5, 0.6) is 17.2 Å². The van der Waals surface area contributed by atoms with Gasteiger partial charge in [0.05, 0.1) is 33.4 Å². The number of amides is 3. The smallest absolute Gasteiger partial charge is 0.325 e. The Labute approximate surface area is 218 Å². The van der Waals surface area contributed by atoms with E-state index in [0.717, 1.165) is 22.6 Å². The summed E-state index contributed by atoms with van der Waals surface area (Å²) in [4.78, 5) is 32.9. The van der Waals surface area contributed by atoms with Gasteiger partial charge in [-0.1, -0.05) is 19.1 Å². The normalized spacial score (nSPS) is 20.2. The molecule has 5 rings (SSSR count). The van der Waals surface area contributed by atoms with Gasteiger partial charge in [-0.05, 0) is 49.6 Å². The molecular formula is C29H35N3O5. The van der Waals surface area contributed by atoms with E-state index in [0.29, 0.717) is 56.1 Å². The van der Waals surface area contributed by atoms with Gasteiger partial charge in [0.1, 0.15) is 17.2 Å². The highest BCUT2D eigenvalue weighted by molar-refractivity contribution is 5.94. The van der Waals surface area contributed by atoms with Gasteiger partial charge in [0.2, 0.25) is 0 Å². The highest BCUT2D eigenvalue weighted by Gasteiger charge is 2.55. The Morgan fingerprint density at radius 1 is 1.03 bits per heavy atom. The minimum atomic E-state index is -0.440. The number of fused-ring (bicyclic) bond motifs is 3. The van der Waals surface area contributed by atoms with Crippen molar-refractivity contribution in [3.8, 4) is 17.2 Å². The molecule has 196 valence electrons. The van der Waals surface area contributed by atoms with Gasteiger partial charge in [-0.2, -0.15) is 0 Å². The molecule has 3 heterocycles. The fraction of sp³-hybridized carbons (Fsp3) is 0.448. The number of nitrogens with zero attached hydrogens (tertiary/aromatic N) is 3. The van der Waals surface area contributed by atoms with Crippen LogP contribution in [0.2, 0.25) is 0 Å². The van der Waals surface area contributed by atoms with Gasteiger partial charge in [-0.3, -0.25) is 9.69 Å². The molecule has 0 N–H and O–H groups in total. The van der Waals surface area contributed by atoms with E-state index in [1.54, 1.807) is 27.4 Å². The van der Waals surface area contributed by atoms with Crippen LogP contribution >= 0.6 is 0 Å². The summed E-state index contributed by atoms with van der Waals surface area (Å²) in [5.74, 6) is 2.19. The van der Waals surface area contributed by atoms with Crippen LogP contribution in [-0.2, 0) is 6.54 Å². The fourth-order valence-electron chi connectivity index (χ4n) is 6.28. The van der Waals surface area contributed by atoms with Gasteiger partial charge >= 0.3 is 6.03 Å². The highest BCUT2D eigenvalue weighted by atomic mass is 16.5. The van der Waals surface area contributed by atoms with Crippen LogP contribution in [0.3, 0.4) is 0 Å². The van der Waals surface area contributed by atoms with E-state index < -0.39 is 5.54 Å². The molecular weight excluding hydrogens is 470 g/mol. The quantitative estimate of drug-likeness (QED) is 0.592. The van der Waals surface area contributed by atoms with E-state index in [2.05, 4.69) is 13.0 Å². The first-order chi connectivity index (χ1) is 17.9. The number of likely N-dealkylation sites (N-methyl/N-ethyl adjacent to an activating group) is 1. The Kier molecular flexibility index (Phi) is 6.52. The van der Waals surface area contributed by atoms with Crippen molar-refractivity contribution in [1.29, 1.82) is 0 Å². The first-order valence-corrected chi connectivity index (χ1v) is 12.9. The predicted molar refractivity (Wildman–Crippen MR) is 140 cm³/mol. The monoisotopic (exact) mass is 505 g/mol. The molecule has 0 aliphatic carbocycles. The second-order valence-electron chi connectivity index (χ2n) is 9.91. The number of likely N-dealkylation sites (tertiary alicyclic amines) is 1. The summed E-state index contributed by atoms with van der Waals surface area (Å²) in [6.45, 7) is 6.40. The van der Waals surface area contributed by atoms with E-state index in [4.69, 9.17) is 14.2 Å². The molecule has 2 aromatic rings. The molecule has 1 atom stereocenters. The molecule has 3 amide bonds. The van der Waals surface area contributed by atoms with Gasteiger partial charge in [-0.15, -0.1) is 0 Å². The number of allylic oxidation sites excluding steroid dienone is 1. The van der Waals surface area contributed by atoms with Crippen molar-refractivity contribution >= 4 is 11.9 Å². The summed E-state index contributed by atoms with van der Waals surface area (Å²) < 4.78 is 16.6. The number of urea groups is 1. The third-order valence-electron chi connectivity index (χ3n) is 8.11. The first-order valence-electron chi connectivity index (χ1n) is 12.9. The number of methoxy groups -OCH3 is 3. The van der Waals surface area contributed by atoms with Crippen molar-refractivity contribution in [1.82, 2.24) is 14.7 Å². The van der Waals surface area contributed by atoms with Crippen LogP contribution in [0.4, 0.5) is 4.79 Å². The minimum Gasteiger partial charge on any atom is -0.497 e. The molecule has 0 saturated carbocycles. The number of rotatable bonds is 5. The molecule has 0 radical (unpaired) electrons. The van der Waals surface area contributed by atoms with Gasteiger partial charge in [0.25, 0.3) is 5.91 Å². The lowest BCUT2D eigenvalue weighted by molar-refractivity contribution is 0.0575.